The van der Waals surface area contributed by atoms with Crippen LogP contribution in [0, 0.1) is 6.92 Å². The second kappa shape index (κ2) is 7.51. The van der Waals surface area contributed by atoms with Gasteiger partial charge in [0.25, 0.3) is 0 Å². The fourth-order valence-corrected chi connectivity index (χ4v) is 4.46. The third-order valence-electron chi connectivity index (χ3n) is 4.39. The number of rotatable bonds is 5. The number of sulfone groups is 1. The molecule has 1 aliphatic heterocycles. The second-order valence-corrected chi connectivity index (χ2v) is 8.63. The van der Waals surface area contributed by atoms with Crippen molar-refractivity contribution >= 4 is 27.5 Å². The largest absolute Gasteiger partial charge is 0.348 e. The van der Waals surface area contributed by atoms with Crippen molar-refractivity contribution in [1.29, 1.82) is 0 Å². The maximum Gasteiger partial charge on any atom is 0.314 e. The molecule has 144 valence electrons. The van der Waals surface area contributed by atoms with Crippen LogP contribution in [-0.4, -0.2) is 36.6 Å². The Bertz CT molecular complexity index is 995. The van der Waals surface area contributed by atoms with Gasteiger partial charge in [-0.1, -0.05) is 31.5 Å². The molecule has 0 spiro atoms. The summed E-state index contributed by atoms with van der Waals surface area (Å²) in [4.78, 5) is 24.3. The van der Waals surface area contributed by atoms with Crippen molar-refractivity contribution in [2.24, 2.45) is 0 Å². The fourth-order valence-electron chi connectivity index (χ4n) is 2.97. The van der Waals surface area contributed by atoms with Crippen molar-refractivity contribution in [3.05, 3.63) is 41.1 Å². The molecule has 1 aliphatic rings. The molecule has 27 heavy (non-hydrogen) atoms. The summed E-state index contributed by atoms with van der Waals surface area (Å²) in [5, 5.41) is 9.51. The summed E-state index contributed by atoms with van der Waals surface area (Å²) in [5.41, 5.74) is 2.46. The molecular weight excluding hydrogens is 368 g/mol. The quantitative estimate of drug-likeness (QED) is 0.593. The van der Waals surface area contributed by atoms with Gasteiger partial charge in [0, 0.05) is 12.1 Å². The average molecular weight is 390 g/mol. The number of amides is 2. The second-order valence-electron chi connectivity index (χ2n) is 6.57. The molecule has 0 unspecified atom stereocenters. The highest BCUT2D eigenvalue weighted by Gasteiger charge is 2.34. The van der Waals surface area contributed by atoms with E-state index in [1.807, 2.05) is 38.1 Å². The monoisotopic (exact) mass is 390 g/mol. The predicted molar refractivity (Wildman–Crippen MR) is 101 cm³/mol. The zero-order valence-electron chi connectivity index (χ0n) is 15.3. The summed E-state index contributed by atoms with van der Waals surface area (Å²) in [6.07, 6.45) is 1.67. The molecule has 0 aliphatic carbocycles. The van der Waals surface area contributed by atoms with Gasteiger partial charge in [0.05, 0.1) is 22.9 Å². The van der Waals surface area contributed by atoms with E-state index in [1.165, 1.54) is 4.68 Å². The van der Waals surface area contributed by atoms with E-state index in [1.54, 1.807) is 0 Å². The van der Waals surface area contributed by atoms with Gasteiger partial charge < -0.3 is 10.6 Å². The number of fused-ring (bicyclic) bond motifs is 1. The standard InChI is InChI=1S/C18H22N4O4S/c1-3-4-9-19-17(23)18(24)20-16-13-10-27(25,26)11-14(13)21-22(16)15-8-6-5-7-12(15)2/h5-8H,3-4,9-11H2,1-2H3,(H,19,23)(H,20,24). The van der Waals surface area contributed by atoms with Gasteiger partial charge in [-0.15, -0.1) is 0 Å². The average Bonchev–Trinajstić information content (AvgIpc) is 3.08. The minimum absolute atomic E-state index is 0.174. The molecule has 0 bridgehead atoms. The number of nitrogens with zero attached hydrogens (tertiary/aromatic N) is 2. The zero-order valence-corrected chi connectivity index (χ0v) is 16.1. The van der Waals surface area contributed by atoms with E-state index >= 15 is 0 Å². The molecule has 0 saturated heterocycles. The van der Waals surface area contributed by atoms with Gasteiger partial charge >= 0.3 is 11.8 Å². The van der Waals surface area contributed by atoms with Crippen LogP contribution in [0.4, 0.5) is 5.82 Å². The molecule has 9 heteroatoms. The molecule has 0 fully saturated rings. The molecule has 0 saturated carbocycles. The molecule has 1 aromatic heterocycles. The minimum Gasteiger partial charge on any atom is -0.348 e. The number of hydrogen-bond acceptors (Lipinski definition) is 5. The third-order valence-corrected chi connectivity index (χ3v) is 5.83. The fraction of sp³-hybridized carbons (Fsp3) is 0.389. The topological polar surface area (TPSA) is 110 Å². The Morgan fingerprint density at radius 3 is 2.63 bits per heavy atom. The summed E-state index contributed by atoms with van der Waals surface area (Å²) in [6.45, 7) is 4.28. The van der Waals surface area contributed by atoms with Crippen molar-refractivity contribution in [3.8, 4) is 5.69 Å². The van der Waals surface area contributed by atoms with Crippen molar-refractivity contribution in [2.75, 3.05) is 11.9 Å². The van der Waals surface area contributed by atoms with Crippen molar-refractivity contribution < 1.29 is 18.0 Å². The van der Waals surface area contributed by atoms with Gasteiger partial charge in [-0.05, 0) is 25.0 Å². The maximum absolute atomic E-state index is 12.3. The number of hydrogen-bond donors (Lipinski definition) is 2. The molecular formula is C18H22N4O4S. The predicted octanol–water partition coefficient (Wildman–Crippen LogP) is 1.46. The Balaban J connectivity index is 1.95. The van der Waals surface area contributed by atoms with Crippen LogP contribution in [-0.2, 0) is 30.9 Å². The highest BCUT2D eigenvalue weighted by Crippen LogP contribution is 2.33. The molecule has 2 heterocycles. The van der Waals surface area contributed by atoms with Crippen LogP contribution in [0.25, 0.3) is 5.69 Å². The summed E-state index contributed by atoms with van der Waals surface area (Å²) >= 11 is 0. The maximum atomic E-state index is 12.3. The Hall–Kier alpha value is -2.68. The number of carbonyl (C=O) groups is 2. The van der Waals surface area contributed by atoms with Crippen LogP contribution in [0.1, 0.15) is 36.6 Å². The Labute approximate surface area is 157 Å². The lowest BCUT2D eigenvalue weighted by Gasteiger charge is -2.13. The van der Waals surface area contributed by atoms with Gasteiger partial charge in [-0.2, -0.15) is 5.10 Å². The van der Waals surface area contributed by atoms with E-state index in [0.29, 0.717) is 23.5 Å². The Kier molecular flexibility index (Phi) is 5.31. The number of benzene rings is 1. The molecule has 8 nitrogen and oxygen atoms in total. The third kappa shape index (κ3) is 4.02. The van der Waals surface area contributed by atoms with Crippen LogP contribution >= 0.6 is 0 Å². The number of para-hydroxylation sites is 1. The summed E-state index contributed by atoms with van der Waals surface area (Å²) in [5.74, 6) is -1.74. The van der Waals surface area contributed by atoms with E-state index in [2.05, 4.69) is 15.7 Å². The highest BCUT2D eigenvalue weighted by atomic mass is 32.2. The van der Waals surface area contributed by atoms with Crippen molar-refractivity contribution in [2.45, 2.75) is 38.2 Å². The molecule has 3 rings (SSSR count). The van der Waals surface area contributed by atoms with E-state index in [0.717, 1.165) is 18.4 Å². The number of nitrogens with one attached hydrogen (secondary N) is 2. The van der Waals surface area contributed by atoms with E-state index < -0.39 is 21.7 Å². The SMILES string of the molecule is CCCCNC(=O)C(=O)Nc1c2c(nn1-c1ccccc1C)CS(=O)(=O)C2. The first-order chi connectivity index (χ1) is 12.8. The summed E-state index contributed by atoms with van der Waals surface area (Å²) in [6, 6.07) is 7.42. The van der Waals surface area contributed by atoms with Gasteiger partial charge in [0.1, 0.15) is 5.82 Å². The smallest absolute Gasteiger partial charge is 0.314 e. The lowest BCUT2D eigenvalue weighted by Crippen LogP contribution is -2.36. The lowest BCUT2D eigenvalue weighted by atomic mass is 10.2. The Morgan fingerprint density at radius 2 is 1.93 bits per heavy atom. The first kappa shape index (κ1) is 19.1. The van der Waals surface area contributed by atoms with Crippen molar-refractivity contribution in [1.82, 2.24) is 15.1 Å². The van der Waals surface area contributed by atoms with E-state index in [9.17, 15) is 18.0 Å². The van der Waals surface area contributed by atoms with Crippen molar-refractivity contribution in [3.63, 3.8) is 0 Å². The van der Waals surface area contributed by atoms with Crippen LogP contribution < -0.4 is 10.6 Å². The first-order valence-electron chi connectivity index (χ1n) is 8.78. The van der Waals surface area contributed by atoms with Crippen LogP contribution in [0.15, 0.2) is 24.3 Å². The number of aromatic nitrogens is 2. The van der Waals surface area contributed by atoms with Gasteiger partial charge in [-0.3, -0.25) is 9.59 Å². The minimum atomic E-state index is -3.29. The number of carbonyl (C=O) groups excluding carboxylic acids is 2. The van der Waals surface area contributed by atoms with E-state index in [-0.39, 0.29) is 17.3 Å². The molecule has 1 aromatic carbocycles. The summed E-state index contributed by atoms with van der Waals surface area (Å²) in [7, 11) is -3.29. The highest BCUT2D eigenvalue weighted by molar-refractivity contribution is 7.90. The first-order valence-corrected chi connectivity index (χ1v) is 10.6. The van der Waals surface area contributed by atoms with Gasteiger partial charge in [0.15, 0.2) is 9.84 Å². The van der Waals surface area contributed by atoms with E-state index in [4.69, 9.17) is 0 Å². The van der Waals surface area contributed by atoms with Crippen LogP contribution in [0.2, 0.25) is 0 Å². The molecule has 2 aromatic rings. The van der Waals surface area contributed by atoms with Crippen LogP contribution in [0.3, 0.4) is 0 Å². The number of unbranched alkanes of at least 4 members (excludes halogenated alkanes) is 1. The van der Waals surface area contributed by atoms with Gasteiger partial charge in [0.2, 0.25) is 0 Å². The normalized spacial score (nSPS) is 14.6. The zero-order chi connectivity index (χ0) is 19.6. The number of anilines is 1. The number of aryl methyl sites for hydroxylation is 1. The van der Waals surface area contributed by atoms with Gasteiger partial charge in [-0.25, -0.2) is 13.1 Å². The molecule has 0 atom stereocenters. The molecule has 2 N–H and O–H groups in total. The molecule has 2 amide bonds. The van der Waals surface area contributed by atoms with Crippen LogP contribution in [0.5, 0.6) is 0 Å². The summed E-state index contributed by atoms with van der Waals surface area (Å²) < 4.78 is 25.4. The molecule has 0 radical (unpaired) electrons. The Morgan fingerprint density at radius 1 is 1.19 bits per heavy atom. The lowest BCUT2D eigenvalue weighted by molar-refractivity contribution is -0.136.